The van der Waals surface area contributed by atoms with Gasteiger partial charge in [0.05, 0.1) is 5.57 Å². The Morgan fingerprint density at radius 3 is 2.67 bits per heavy atom. The Morgan fingerprint density at radius 2 is 2.04 bits per heavy atom. The Bertz CT molecular complexity index is 646. The summed E-state index contributed by atoms with van der Waals surface area (Å²) in [5.41, 5.74) is 2.88. The summed E-state index contributed by atoms with van der Waals surface area (Å²) < 4.78 is 0. The van der Waals surface area contributed by atoms with Gasteiger partial charge in [0.15, 0.2) is 11.5 Å². The Labute approximate surface area is 144 Å². The Morgan fingerprint density at radius 1 is 1.33 bits per heavy atom. The van der Waals surface area contributed by atoms with Gasteiger partial charge in [-0.3, -0.25) is 9.59 Å². The summed E-state index contributed by atoms with van der Waals surface area (Å²) in [7, 11) is 0. The smallest absolute Gasteiger partial charge is 0.223 e. The molecule has 130 valence electrons. The second-order valence-corrected chi connectivity index (χ2v) is 7.11. The molecule has 1 N–H and O–H groups in total. The molecule has 0 saturated carbocycles. The normalized spacial score (nSPS) is 24.8. The Hall–Kier alpha value is -1.90. The van der Waals surface area contributed by atoms with E-state index in [1.54, 1.807) is 0 Å². The highest BCUT2D eigenvalue weighted by atomic mass is 16.3. The minimum Gasteiger partial charge on any atom is -0.504 e. The van der Waals surface area contributed by atoms with E-state index in [0.29, 0.717) is 12.0 Å². The third-order valence-electron chi connectivity index (χ3n) is 5.10. The van der Waals surface area contributed by atoms with E-state index in [0.717, 1.165) is 37.7 Å². The van der Waals surface area contributed by atoms with Gasteiger partial charge < -0.3 is 5.11 Å². The maximum atomic E-state index is 12.7. The van der Waals surface area contributed by atoms with Gasteiger partial charge in [0.25, 0.3) is 0 Å². The van der Waals surface area contributed by atoms with Crippen molar-refractivity contribution in [3.8, 4) is 0 Å². The summed E-state index contributed by atoms with van der Waals surface area (Å²) in [6.07, 6.45) is 8.80. The van der Waals surface area contributed by atoms with Crippen molar-refractivity contribution >= 4 is 11.6 Å². The van der Waals surface area contributed by atoms with Crippen LogP contribution in [0, 0.1) is 11.8 Å². The maximum Gasteiger partial charge on any atom is 0.223 e. The number of carbonyl (C=O) groups is 2. The molecular weight excluding hydrogens is 300 g/mol. The third kappa shape index (κ3) is 3.77. The second-order valence-electron chi connectivity index (χ2n) is 7.11. The van der Waals surface area contributed by atoms with E-state index in [1.165, 1.54) is 11.6 Å². The first-order valence-corrected chi connectivity index (χ1v) is 8.92. The molecule has 0 aromatic rings. The molecule has 2 rings (SSSR count). The molecule has 0 amide bonds. The topological polar surface area (TPSA) is 54.4 Å². The lowest BCUT2D eigenvalue weighted by Crippen LogP contribution is -2.29. The van der Waals surface area contributed by atoms with Crippen molar-refractivity contribution in [2.45, 2.75) is 59.3 Å². The zero-order valence-electron chi connectivity index (χ0n) is 15.0. The largest absolute Gasteiger partial charge is 0.504 e. The molecule has 0 radical (unpaired) electrons. The van der Waals surface area contributed by atoms with Gasteiger partial charge in [0.2, 0.25) is 5.78 Å². The van der Waals surface area contributed by atoms with Crippen LogP contribution in [-0.4, -0.2) is 16.7 Å². The second kappa shape index (κ2) is 7.78. The minimum absolute atomic E-state index is 0.0950. The lowest BCUT2D eigenvalue weighted by molar-refractivity contribution is -0.118. The first kappa shape index (κ1) is 18.4. The van der Waals surface area contributed by atoms with Crippen LogP contribution in [0.3, 0.4) is 0 Å². The molecular formula is C21H28O3. The van der Waals surface area contributed by atoms with Crippen LogP contribution in [0.2, 0.25) is 0 Å². The van der Waals surface area contributed by atoms with Gasteiger partial charge in [0.1, 0.15) is 0 Å². The van der Waals surface area contributed by atoms with Crippen molar-refractivity contribution in [2.24, 2.45) is 11.8 Å². The van der Waals surface area contributed by atoms with E-state index in [2.05, 4.69) is 13.5 Å². The van der Waals surface area contributed by atoms with Crippen LogP contribution in [0.25, 0.3) is 0 Å². The number of aliphatic hydroxyl groups excluding tert-OH is 1. The van der Waals surface area contributed by atoms with Crippen LogP contribution in [0.1, 0.15) is 59.3 Å². The van der Waals surface area contributed by atoms with E-state index in [-0.39, 0.29) is 34.7 Å². The molecule has 0 bridgehead atoms. The fourth-order valence-corrected chi connectivity index (χ4v) is 3.67. The number of hydrogen-bond acceptors (Lipinski definition) is 3. The number of aliphatic hydroxyl groups is 1. The van der Waals surface area contributed by atoms with Gasteiger partial charge in [-0.2, -0.15) is 0 Å². The van der Waals surface area contributed by atoms with Crippen LogP contribution < -0.4 is 0 Å². The van der Waals surface area contributed by atoms with E-state index < -0.39 is 0 Å². The molecule has 0 aromatic carbocycles. The fraction of sp³-hybridized carbons (Fsp3) is 0.524. The molecule has 24 heavy (non-hydrogen) atoms. The van der Waals surface area contributed by atoms with Gasteiger partial charge in [0, 0.05) is 11.5 Å². The number of ketones is 2. The summed E-state index contributed by atoms with van der Waals surface area (Å²) in [5, 5.41) is 10.5. The van der Waals surface area contributed by atoms with Gasteiger partial charge >= 0.3 is 0 Å². The lowest BCUT2D eigenvalue weighted by Gasteiger charge is -2.32. The van der Waals surface area contributed by atoms with Crippen molar-refractivity contribution in [2.75, 3.05) is 0 Å². The molecule has 3 nitrogen and oxygen atoms in total. The molecule has 3 heteroatoms. The van der Waals surface area contributed by atoms with E-state index in [9.17, 15) is 14.7 Å². The summed E-state index contributed by atoms with van der Waals surface area (Å²) >= 11 is 0. The quantitative estimate of drug-likeness (QED) is 0.424. The molecule has 2 aliphatic rings. The molecule has 0 aliphatic heterocycles. The van der Waals surface area contributed by atoms with Gasteiger partial charge in [-0.05, 0) is 51.5 Å². The Kier molecular flexibility index (Phi) is 5.98. The Balaban J connectivity index is 2.33. The zero-order valence-corrected chi connectivity index (χ0v) is 15.0. The minimum atomic E-state index is -0.377. The molecule has 0 spiro atoms. The lowest BCUT2D eigenvalue weighted by atomic mass is 9.71. The predicted octanol–water partition coefficient (Wildman–Crippen LogP) is 5.01. The van der Waals surface area contributed by atoms with Gasteiger partial charge in [-0.25, -0.2) is 0 Å². The van der Waals surface area contributed by atoms with Crippen molar-refractivity contribution in [1.29, 1.82) is 0 Å². The van der Waals surface area contributed by atoms with Crippen molar-refractivity contribution in [3.05, 3.63) is 46.8 Å². The standard InChI is InChI=1S/C21H28O3/c1-5-6-7-8-15-12-18(22)19(21(24)20(15)23)17-11-14(4)9-10-16(17)13(2)3/h11-12,16-17,24H,2,5-10H2,1,3-4H3/t16-,17?/m0/s1. The van der Waals surface area contributed by atoms with Crippen molar-refractivity contribution in [3.63, 3.8) is 0 Å². The molecule has 0 fully saturated rings. The van der Waals surface area contributed by atoms with Gasteiger partial charge in [-0.1, -0.05) is 43.6 Å². The molecule has 2 atom stereocenters. The molecule has 0 aromatic heterocycles. The number of unbranched alkanes of at least 4 members (excludes halogenated alkanes) is 2. The fourth-order valence-electron chi connectivity index (χ4n) is 3.67. The highest BCUT2D eigenvalue weighted by Crippen LogP contribution is 2.40. The molecule has 1 unspecified atom stereocenters. The number of allylic oxidation sites excluding steroid dienone is 6. The van der Waals surface area contributed by atoms with Crippen molar-refractivity contribution < 1.29 is 14.7 Å². The predicted molar refractivity (Wildman–Crippen MR) is 96.7 cm³/mol. The first-order chi connectivity index (χ1) is 11.4. The number of rotatable bonds is 6. The number of hydrogen-bond donors (Lipinski definition) is 1. The maximum absolute atomic E-state index is 12.7. The number of carbonyl (C=O) groups excluding carboxylic acids is 2. The van der Waals surface area contributed by atoms with Crippen molar-refractivity contribution in [1.82, 2.24) is 0 Å². The monoisotopic (exact) mass is 328 g/mol. The molecule has 0 saturated heterocycles. The van der Waals surface area contributed by atoms with Crippen LogP contribution in [0.4, 0.5) is 0 Å². The zero-order chi connectivity index (χ0) is 17.9. The highest BCUT2D eigenvalue weighted by molar-refractivity contribution is 6.22. The summed E-state index contributed by atoms with van der Waals surface area (Å²) in [4.78, 5) is 25.2. The van der Waals surface area contributed by atoms with E-state index >= 15 is 0 Å². The van der Waals surface area contributed by atoms with Gasteiger partial charge in [-0.15, -0.1) is 0 Å². The summed E-state index contributed by atoms with van der Waals surface area (Å²) in [6.45, 7) is 10.1. The third-order valence-corrected chi connectivity index (χ3v) is 5.10. The first-order valence-electron chi connectivity index (χ1n) is 8.92. The van der Waals surface area contributed by atoms with E-state index in [1.807, 2.05) is 19.9 Å². The van der Waals surface area contributed by atoms with Crippen LogP contribution in [0.15, 0.2) is 46.8 Å². The van der Waals surface area contributed by atoms with Crippen LogP contribution in [0.5, 0.6) is 0 Å². The van der Waals surface area contributed by atoms with Crippen LogP contribution in [-0.2, 0) is 9.59 Å². The average Bonchev–Trinajstić information content (AvgIpc) is 2.52. The summed E-state index contributed by atoms with van der Waals surface area (Å²) in [6, 6.07) is 0. The average molecular weight is 328 g/mol. The molecule has 0 heterocycles. The SMILES string of the molecule is C=C(C)[C@@H]1CCC(C)=CC1C1=C(O)C(=O)C(CCCCC)=CC1=O. The van der Waals surface area contributed by atoms with Crippen LogP contribution >= 0.6 is 0 Å². The summed E-state index contributed by atoms with van der Waals surface area (Å²) in [5.74, 6) is -1.10. The number of Topliss-reactive ketones (excluding diaryl/α,β-unsaturated/α-hetero) is 1. The molecule has 2 aliphatic carbocycles. The van der Waals surface area contributed by atoms with E-state index in [4.69, 9.17) is 0 Å². The highest BCUT2D eigenvalue weighted by Gasteiger charge is 2.37.